The lowest BCUT2D eigenvalue weighted by Gasteiger charge is -2.06. The lowest BCUT2D eigenvalue weighted by atomic mass is 10.3. The Balaban J connectivity index is 1.77. The molecule has 0 saturated heterocycles. The molecule has 0 bridgehead atoms. The molecule has 2 rings (SSSR count). The summed E-state index contributed by atoms with van der Waals surface area (Å²) in [5.41, 5.74) is 0. The third kappa shape index (κ3) is 3.23. The molecule has 1 heterocycles. The first-order chi connectivity index (χ1) is 8.27. The molecule has 1 aromatic heterocycles. The van der Waals surface area contributed by atoms with Crippen molar-refractivity contribution in [2.75, 3.05) is 12.4 Å². The Labute approximate surface area is 104 Å². The van der Waals surface area contributed by atoms with Gasteiger partial charge >= 0.3 is 0 Å². The Morgan fingerprint density at radius 2 is 2.24 bits per heavy atom. The summed E-state index contributed by atoms with van der Waals surface area (Å²) >= 11 is 1.58. The monoisotopic (exact) mass is 252 g/mol. The van der Waals surface area contributed by atoms with Gasteiger partial charge in [0.15, 0.2) is 16.7 Å². The van der Waals surface area contributed by atoms with Crippen molar-refractivity contribution < 1.29 is 9.13 Å². The number of benzene rings is 1. The molecule has 0 aliphatic heterocycles. The molecule has 2 aromatic rings. The van der Waals surface area contributed by atoms with E-state index in [-0.39, 0.29) is 5.82 Å². The van der Waals surface area contributed by atoms with Gasteiger partial charge in [-0.2, -0.15) is 0 Å². The molecule has 0 fully saturated rings. The summed E-state index contributed by atoms with van der Waals surface area (Å²) in [6, 6.07) is 6.41. The number of nitrogens with zero attached hydrogens (tertiary/aromatic N) is 2. The van der Waals surface area contributed by atoms with Gasteiger partial charge in [-0.15, -0.1) is 0 Å². The molecule has 0 unspecified atom stereocenters. The maximum absolute atomic E-state index is 13.2. The summed E-state index contributed by atoms with van der Waals surface area (Å²) in [5.74, 6) is 0.710. The maximum Gasteiger partial charge on any atom is 0.167 e. The molecule has 0 aliphatic rings. The number of imidazole rings is 1. The summed E-state index contributed by atoms with van der Waals surface area (Å²) in [6.45, 7) is 0.457. The fraction of sp³-hybridized carbons (Fsp3) is 0.250. The van der Waals surface area contributed by atoms with Gasteiger partial charge < -0.3 is 9.30 Å². The van der Waals surface area contributed by atoms with E-state index in [2.05, 4.69) is 4.98 Å². The van der Waals surface area contributed by atoms with E-state index in [0.29, 0.717) is 12.4 Å². The first-order valence-electron chi connectivity index (χ1n) is 5.25. The fourth-order valence-electron chi connectivity index (χ4n) is 1.34. The molecule has 3 nitrogen and oxygen atoms in total. The van der Waals surface area contributed by atoms with Gasteiger partial charge in [0.2, 0.25) is 0 Å². The van der Waals surface area contributed by atoms with Crippen molar-refractivity contribution in [3.63, 3.8) is 0 Å². The number of thioether (sulfide) groups is 1. The Hall–Kier alpha value is -1.49. The van der Waals surface area contributed by atoms with E-state index < -0.39 is 0 Å². The average Bonchev–Trinajstić information content (AvgIpc) is 2.73. The summed E-state index contributed by atoms with van der Waals surface area (Å²) in [5, 5.41) is 0.933. The van der Waals surface area contributed by atoms with Crippen LogP contribution in [-0.2, 0) is 7.05 Å². The van der Waals surface area contributed by atoms with E-state index in [1.54, 1.807) is 36.2 Å². The van der Waals surface area contributed by atoms with Crippen LogP contribution < -0.4 is 4.74 Å². The molecular formula is C12H13FN2OS. The SMILES string of the molecule is Cn1ccnc1SCCOc1ccccc1F. The molecule has 5 heteroatoms. The summed E-state index contributed by atoms with van der Waals surface area (Å²) in [7, 11) is 1.94. The van der Waals surface area contributed by atoms with E-state index in [1.165, 1.54) is 6.07 Å². The van der Waals surface area contributed by atoms with Crippen LogP contribution in [0, 0.1) is 5.82 Å². The van der Waals surface area contributed by atoms with E-state index in [4.69, 9.17) is 4.74 Å². The van der Waals surface area contributed by atoms with E-state index in [1.807, 2.05) is 17.8 Å². The van der Waals surface area contributed by atoms with Gasteiger partial charge in [-0.25, -0.2) is 9.37 Å². The third-order valence-corrected chi connectivity index (χ3v) is 3.21. The maximum atomic E-state index is 13.2. The minimum atomic E-state index is -0.325. The second kappa shape index (κ2) is 5.72. The third-order valence-electron chi connectivity index (χ3n) is 2.19. The van der Waals surface area contributed by atoms with Crippen LogP contribution in [0.3, 0.4) is 0 Å². The first kappa shape index (κ1) is 12.0. The molecule has 90 valence electrons. The predicted molar refractivity (Wildman–Crippen MR) is 65.8 cm³/mol. The van der Waals surface area contributed by atoms with Crippen molar-refractivity contribution in [3.8, 4) is 5.75 Å². The molecule has 0 spiro atoms. The highest BCUT2D eigenvalue weighted by Crippen LogP contribution is 2.17. The topological polar surface area (TPSA) is 27.1 Å². The smallest absolute Gasteiger partial charge is 0.167 e. The molecule has 0 atom stereocenters. The Morgan fingerprint density at radius 1 is 1.41 bits per heavy atom. The standard InChI is InChI=1S/C12H13FN2OS/c1-15-7-6-14-12(15)17-9-8-16-11-5-3-2-4-10(11)13/h2-7H,8-9H2,1H3. The molecule has 0 radical (unpaired) electrons. The molecule has 0 aliphatic carbocycles. The number of halogens is 1. The summed E-state index contributed by atoms with van der Waals surface area (Å²) in [6.07, 6.45) is 3.64. The zero-order chi connectivity index (χ0) is 12.1. The fourth-order valence-corrected chi connectivity index (χ4v) is 2.09. The van der Waals surface area contributed by atoms with Crippen molar-refractivity contribution >= 4 is 11.8 Å². The second-order valence-corrected chi connectivity index (χ2v) is 4.51. The van der Waals surface area contributed by atoms with Crippen molar-refractivity contribution in [1.29, 1.82) is 0 Å². The highest BCUT2D eigenvalue weighted by molar-refractivity contribution is 7.99. The second-order valence-electron chi connectivity index (χ2n) is 3.45. The van der Waals surface area contributed by atoms with Crippen LogP contribution in [0.2, 0.25) is 0 Å². The van der Waals surface area contributed by atoms with Crippen molar-refractivity contribution in [1.82, 2.24) is 9.55 Å². The Kier molecular flexibility index (Phi) is 4.03. The molecule has 0 N–H and O–H groups in total. The van der Waals surface area contributed by atoms with E-state index >= 15 is 0 Å². The number of hydrogen-bond donors (Lipinski definition) is 0. The summed E-state index contributed by atoms with van der Waals surface area (Å²) in [4.78, 5) is 4.17. The van der Waals surface area contributed by atoms with Crippen LogP contribution in [0.1, 0.15) is 0 Å². The van der Waals surface area contributed by atoms with Crippen LogP contribution in [-0.4, -0.2) is 21.9 Å². The van der Waals surface area contributed by atoms with Crippen molar-refractivity contribution in [2.45, 2.75) is 5.16 Å². The van der Waals surface area contributed by atoms with Gasteiger partial charge in [0.25, 0.3) is 0 Å². The van der Waals surface area contributed by atoms with Crippen LogP contribution in [0.4, 0.5) is 4.39 Å². The lowest BCUT2D eigenvalue weighted by molar-refractivity contribution is 0.325. The predicted octanol–water partition coefficient (Wildman–Crippen LogP) is 2.73. The van der Waals surface area contributed by atoms with Gasteiger partial charge in [-0.3, -0.25) is 0 Å². The molecule has 0 saturated carbocycles. The first-order valence-corrected chi connectivity index (χ1v) is 6.23. The van der Waals surface area contributed by atoms with E-state index in [0.717, 1.165) is 10.9 Å². The zero-order valence-electron chi connectivity index (χ0n) is 9.47. The Morgan fingerprint density at radius 3 is 2.94 bits per heavy atom. The minimum absolute atomic E-state index is 0.299. The average molecular weight is 252 g/mol. The van der Waals surface area contributed by atoms with Crippen LogP contribution in [0.25, 0.3) is 0 Å². The molecule has 1 aromatic carbocycles. The highest BCUT2D eigenvalue weighted by atomic mass is 32.2. The van der Waals surface area contributed by atoms with Gasteiger partial charge in [0, 0.05) is 25.2 Å². The Bertz CT molecular complexity index is 487. The van der Waals surface area contributed by atoms with Crippen LogP contribution in [0.5, 0.6) is 5.75 Å². The summed E-state index contributed by atoms with van der Waals surface area (Å²) < 4.78 is 20.5. The number of aryl methyl sites for hydroxylation is 1. The largest absolute Gasteiger partial charge is 0.490 e. The van der Waals surface area contributed by atoms with Gasteiger partial charge in [-0.1, -0.05) is 23.9 Å². The van der Waals surface area contributed by atoms with Gasteiger partial charge in [0.05, 0.1) is 6.61 Å². The zero-order valence-corrected chi connectivity index (χ0v) is 10.3. The van der Waals surface area contributed by atoms with Crippen molar-refractivity contribution in [3.05, 3.63) is 42.5 Å². The lowest BCUT2D eigenvalue weighted by Crippen LogP contribution is -2.02. The highest BCUT2D eigenvalue weighted by Gasteiger charge is 2.02. The van der Waals surface area contributed by atoms with Crippen LogP contribution >= 0.6 is 11.8 Å². The quantitative estimate of drug-likeness (QED) is 0.605. The number of rotatable bonds is 5. The minimum Gasteiger partial charge on any atom is -0.490 e. The number of ether oxygens (including phenoxy) is 1. The normalized spacial score (nSPS) is 10.5. The molecular weight excluding hydrogens is 239 g/mol. The number of aromatic nitrogens is 2. The van der Waals surface area contributed by atoms with Crippen molar-refractivity contribution in [2.24, 2.45) is 7.05 Å². The van der Waals surface area contributed by atoms with Gasteiger partial charge in [0.1, 0.15) is 0 Å². The number of hydrogen-bond acceptors (Lipinski definition) is 3. The molecule has 17 heavy (non-hydrogen) atoms. The van der Waals surface area contributed by atoms with E-state index in [9.17, 15) is 4.39 Å². The molecule has 0 amide bonds. The van der Waals surface area contributed by atoms with Gasteiger partial charge in [-0.05, 0) is 12.1 Å². The van der Waals surface area contributed by atoms with Crippen LogP contribution in [0.15, 0.2) is 41.8 Å². The number of para-hydroxylation sites is 1.